The van der Waals surface area contributed by atoms with Gasteiger partial charge in [-0.15, -0.1) is 0 Å². The molecule has 19 heavy (non-hydrogen) atoms. The Morgan fingerprint density at radius 3 is 1.53 bits per heavy atom. The second-order valence-corrected chi connectivity index (χ2v) is 7.18. The monoisotopic (exact) mass is 269 g/mol. The summed E-state index contributed by atoms with van der Waals surface area (Å²) in [7, 11) is 2.10. The molecule has 1 atom stereocenters. The van der Waals surface area contributed by atoms with Crippen LogP contribution in [0.2, 0.25) is 0 Å². The Hall–Kier alpha value is -0.0400. The number of nitrogens with one attached hydrogen (secondary N) is 1. The molecule has 0 heterocycles. The van der Waals surface area contributed by atoms with E-state index < -0.39 is 0 Å². The lowest BCUT2D eigenvalue weighted by Gasteiger charge is -2.30. The van der Waals surface area contributed by atoms with Gasteiger partial charge >= 0.3 is 0 Å². The molecule has 1 unspecified atom stereocenters. The summed E-state index contributed by atoms with van der Waals surface area (Å²) in [6, 6.07) is 0.668. The van der Waals surface area contributed by atoms with E-state index in [1.165, 1.54) is 70.6 Å². The zero-order valence-corrected chi connectivity index (χ0v) is 14.4. The zero-order valence-electron chi connectivity index (χ0n) is 14.4. The highest BCUT2D eigenvalue weighted by molar-refractivity contribution is 4.78. The summed E-state index contributed by atoms with van der Waals surface area (Å²) in [5.41, 5.74) is 0.397. The van der Waals surface area contributed by atoms with Crippen molar-refractivity contribution in [3.05, 3.63) is 0 Å². The number of hydrogen-bond donors (Lipinski definition) is 1. The molecule has 0 spiro atoms. The molecule has 0 amide bonds. The van der Waals surface area contributed by atoms with Crippen LogP contribution in [0, 0.1) is 5.41 Å². The fourth-order valence-electron chi connectivity index (χ4n) is 2.85. The van der Waals surface area contributed by atoms with Gasteiger partial charge in [-0.05, 0) is 18.9 Å². The largest absolute Gasteiger partial charge is 0.316 e. The van der Waals surface area contributed by atoms with Gasteiger partial charge in [0.1, 0.15) is 0 Å². The second-order valence-electron chi connectivity index (χ2n) is 7.18. The summed E-state index contributed by atoms with van der Waals surface area (Å²) >= 11 is 0. The van der Waals surface area contributed by atoms with E-state index in [0.29, 0.717) is 11.5 Å². The zero-order chi connectivity index (χ0) is 14.6. The predicted molar refractivity (Wildman–Crippen MR) is 88.8 cm³/mol. The Morgan fingerprint density at radius 1 is 0.737 bits per heavy atom. The third-order valence-corrected chi connectivity index (χ3v) is 4.24. The van der Waals surface area contributed by atoms with Gasteiger partial charge in [0.2, 0.25) is 0 Å². The molecule has 1 heteroatoms. The maximum absolute atomic E-state index is 3.47. The smallest absolute Gasteiger partial charge is 0.0113 e. The van der Waals surface area contributed by atoms with Crippen molar-refractivity contribution in [3.63, 3.8) is 0 Å². The number of hydrogen-bond acceptors (Lipinski definition) is 1. The van der Waals surface area contributed by atoms with Crippen molar-refractivity contribution in [2.24, 2.45) is 5.41 Å². The van der Waals surface area contributed by atoms with Gasteiger partial charge in [0.25, 0.3) is 0 Å². The minimum absolute atomic E-state index is 0.397. The molecule has 0 aromatic rings. The van der Waals surface area contributed by atoms with Crippen LogP contribution in [0.1, 0.15) is 98.3 Å². The maximum atomic E-state index is 3.47. The molecule has 116 valence electrons. The Balaban J connectivity index is 3.31. The topological polar surface area (TPSA) is 12.0 Å². The van der Waals surface area contributed by atoms with Gasteiger partial charge in [0.15, 0.2) is 0 Å². The van der Waals surface area contributed by atoms with Gasteiger partial charge in [0, 0.05) is 6.04 Å². The first-order valence-electron chi connectivity index (χ1n) is 8.69. The van der Waals surface area contributed by atoms with E-state index in [-0.39, 0.29) is 0 Å². The summed E-state index contributed by atoms with van der Waals surface area (Å²) in [5.74, 6) is 0. The summed E-state index contributed by atoms with van der Waals surface area (Å²) in [6.45, 7) is 9.30. The maximum Gasteiger partial charge on any atom is 0.0113 e. The predicted octanol–water partition coefficient (Wildman–Crippen LogP) is 5.93. The van der Waals surface area contributed by atoms with Crippen molar-refractivity contribution in [3.8, 4) is 0 Å². The number of rotatable bonds is 12. The van der Waals surface area contributed by atoms with Crippen LogP contribution < -0.4 is 5.32 Å². The van der Waals surface area contributed by atoms with Crippen LogP contribution in [0.15, 0.2) is 0 Å². The average molecular weight is 270 g/mol. The lowest BCUT2D eigenvalue weighted by molar-refractivity contribution is 0.261. The van der Waals surface area contributed by atoms with Crippen molar-refractivity contribution < 1.29 is 0 Å². The molecule has 0 saturated heterocycles. The molecule has 0 fully saturated rings. The fourth-order valence-corrected chi connectivity index (χ4v) is 2.85. The molecule has 0 aliphatic carbocycles. The summed E-state index contributed by atoms with van der Waals surface area (Å²) in [5, 5.41) is 3.47. The summed E-state index contributed by atoms with van der Waals surface area (Å²) in [6.07, 6.45) is 15.6. The molecule has 0 saturated carbocycles. The molecule has 1 nitrogen and oxygen atoms in total. The second kappa shape index (κ2) is 11.8. The average Bonchev–Trinajstić information content (AvgIpc) is 2.34. The Labute approximate surface area is 122 Å². The first-order chi connectivity index (χ1) is 9.02. The first kappa shape index (κ1) is 19.0. The molecule has 0 rings (SSSR count). The Kier molecular flexibility index (Phi) is 11.7. The Bertz CT molecular complexity index is 181. The highest BCUT2D eigenvalue weighted by atomic mass is 14.9. The molecule has 0 aromatic heterocycles. The third-order valence-electron chi connectivity index (χ3n) is 4.24. The molecule has 0 bridgehead atoms. The quantitative estimate of drug-likeness (QED) is 0.433. The molecule has 1 N–H and O–H groups in total. The van der Waals surface area contributed by atoms with Crippen LogP contribution in [0.25, 0.3) is 0 Å². The van der Waals surface area contributed by atoms with Crippen LogP contribution in [-0.2, 0) is 0 Å². The molecular formula is C18H39N. The van der Waals surface area contributed by atoms with Gasteiger partial charge < -0.3 is 5.32 Å². The van der Waals surface area contributed by atoms with E-state index >= 15 is 0 Å². The van der Waals surface area contributed by atoms with E-state index in [1.54, 1.807) is 0 Å². The molecule has 0 aromatic carbocycles. The third kappa shape index (κ3) is 11.5. The van der Waals surface area contributed by atoms with E-state index in [2.05, 4.69) is 40.1 Å². The van der Waals surface area contributed by atoms with Crippen LogP contribution in [0.3, 0.4) is 0 Å². The lowest BCUT2D eigenvalue weighted by Crippen LogP contribution is -2.37. The van der Waals surface area contributed by atoms with E-state index in [9.17, 15) is 0 Å². The van der Waals surface area contributed by atoms with Crippen LogP contribution in [0.4, 0.5) is 0 Å². The van der Waals surface area contributed by atoms with E-state index in [1.807, 2.05) is 0 Å². The highest BCUT2D eigenvalue weighted by Crippen LogP contribution is 2.23. The van der Waals surface area contributed by atoms with Gasteiger partial charge in [-0.3, -0.25) is 0 Å². The van der Waals surface area contributed by atoms with Gasteiger partial charge in [-0.25, -0.2) is 0 Å². The summed E-state index contributed by atoms with van der Waals surface area (Å²) in [4.78, 5) is 0. The van der Waals surface area contributed by atoms with Crippen LogP contribution in [0.5, 0.6) is 0 Å². The molecule has 0 aliphatic heterocycles. The molecule has 0 radical (unpaired) electrons. The van der Waals surface area contributed by atoms with E-state index in [4.69, 9.17) is 0 Å². The number of unbranched alkanes of at least 4 members (excludes halogenated alkanes) is 9. The van der Waals surface area contributed by atoms with Crippen LogP contribution in [-0.4, -0.2) is 13.1 Å². The van der Waals surface area contributed by atoms with Crippen molar-refractivity contribution >= 4 is 0 Å². The first-order valence-corrected chi connectivity index (χ1v) is 8.69. The minimum Gasteiger partial charge on any atom is -0.316 e. The normalized spacial score (nSPS) is 13.7. The lowest BCUT2D eigenvalue weighted by atomic mass is 9.83. The van der Waals surface area contributed by atoms with Crippen molar-refractivity contribution in [1.82, 2.24) is 5.32 Å². The van der Waals surface area contributed by atoms with Gasteiger partial charge in [0.05, 0.1) is 0 Å². The van der Waals surface area contributed by atoms with Crippen molar-refractivity contribution in [2.75, 3.05) is 7.05 Å². The Morgan fingerprint density at radius 2 is 1.16 bits per heavy atom. The van der Waals surface area contributed by atoms with Gasteiger partial charge in [-0.1, -0.05) is 91.9 Å². The van der Waals surface area contributed by atoms with Crippen molar-refractivity contribution in [2.45, 2.75) is 104 Å². The van der Waals surface area contributed by atoms with Crippen LogP contribution >= 0.6 is 0 Å². The highest BCUT2D eigenvalue weighted by Gasteiger charge is 2.21. The molecule has 0 aliphatic rings. The minimum atomic E-state index is 0.397. The summed E-state index contributed by atoms with van der Waals surface area (Å²) < 4.78 is 0. The van der Waals surface area contributed by atoms with Gasteiger partial charge in [-0.2, -0.15) is 0 Å². The van der Waals surface area contributed by atoms with E-state index in [0.717, 1.165) is 0 Å². The molecular weight excluding hydrogens is 230 g/mol. The van der Waals surface area contributed by atoms with Crippen molar-refractivity contribution in [1.29, 1.82) is 0 Å². The standard InChI is InChI=1S/C18H39N/c1-6-7-8-9-10-11-12-13-14-15-16-17(19-5)18(2,3)4/h17,19H,6-16H2,1-5H3. The fraction of sp³-hybridized carbons (Fsp3) is 1.00. The SMILES string of the molecule is CCCCCCCCCCCCC(NC)C(C)(C)C.